The molecule has 1 aliphatic rings. The van der Waals surface area contributed by atoms with Crippen LogP contribution in [-0.2, 0) is 9.59 Å². The Morgan fingerprint density at radius 3 is 2.48 bits per heavy atom. The van der Waals surface area contributed by atoms with Crippen molar-refractivity contribution in [3.05, 3.63) is 29.8 Å². The van der Waals surface area contributed by atoms with Gasteiger partial charge in [-0.1, -0.05) is 19.1 Å². The van der Waals surface area contributed by atoms with E-state index in [0.29, 0.717) is 17.8 Å². The number of benzene rings is 1. The number of rotatable bonds is 9. The van der Waals surface area contributed by atoms with E-state index in [0.717, 1.165) is 19.3 Å². The Labute approximate surface area is 148 Å². The molecule has 0 saturated heterocycles. The van der Waals surface area contributed by atoms with Crippen molar-refractivity contribution in [3.63, 3.8) is 0 Å². The van der Waals surface area contributed by atoms with Gasteiger partial charge in [0.2, 0.25) is 11.8 Å². The molecule has 0 unspecified atom stereocenters. The van der Waals surface area contributed by atoms with Crippen LogP contribution in [0, 0.1) is 0 Å². The van der Waals surface area contributed by atoms with Crippen molar-refractivity contribution in [1.82, 2.24) is 15.5 Å². The number of likely N-dealkylation sites (N-methyl/N-ethyl adjacent to an activating group) is 1. The fourth-order valence-electron chi connectivity index (χ4n) is 2.34. The molecule has 7 nitrogen and oxygen atoms in total. The third kappa shape index (κ3) is 6.54. The topological polar surface area (TPSA) is 90.5 Å². The highest BCUT2D eigenvalue weighted by Crippen LogP contribution is 2.21. The largest absolute Gasteiger partial charge is 0.355 e. The lowest BCUT2D eigenvalue weighted by molar-refractivity contribution is -0.122. The van der Waals surface area contributed by atoms with E-state index < -0.39 is 0 Å². The summed E-state index contributed by atoms with van der Waals surface area (Å²) in [6, 6.07) is 7.18. The average molecular weight is 346 g/mol. The van der Waals surface area contributed by atoms with Crippen LogP contribution in [0.3, 0.4) is 0 Å². The summed E-state index contributed by atoms with van der Waals surface area (Å²) in [5.74, 6) is -0.551. The molecular formula is C18H26N4O3. The molecule has 0 aliphatic heterocycles. The van der Waals surface area contributed by atoms with Crippen molar-refractivity contribution in [3.8, 4) is 0 Å². The molecule has 0 heterocycles. The molecule has 136 valence electrons. The summed E-state index contributed by atoms with van der Waals surface area (Å²) < 4.78 is 0. The van der Waals surface area contributed by atoms with Crippen molar-refractivity contribution < 1.29 is 14.4 Å². The van der Waals surface area contributed by atoms with E-state index in [-0.39, 0.29) is 36.9 Å². The van der Waals surface area contributed by atoms with Gasteiger partial charge in [0.05, 0.1) is 24.3 Å². The summed E-state index contributed by atoms with van der Waals surface area (Å²) in [6.07, 6.45) is 2.88. The third-order valence-electron chi connectivity index (χ3n) is 3.76. The first-order valence-corrected chi connectivity index (χ1v) is 8.64. The fraction of sp³-hybridized carbons (Fsp3) is 0.500. The van der Waals surface area contributed by atoms with Gasteiger partial charge in [-0.3, -0.25) is 19.3 Å². The van der Waals surface area contributed by atoms with Gasteiger partial charge in [0, 0.05) is 12.6 Å². The van der Waals surface area contributed by atoms with Crippen LogP contribution >= 0.6 is 0 Å². The van der Waals surface area contributed by atoms with Crippen molar-refractivity contribution >= 4 is 23.4 Å². The number of hydrogen-bond donors (Lipinski definition) is 3. The van der Waals surface area contributed by atoms with Crippen LogP contribution in [-0.4, -0.2) is 55.3 Å². The molecule has 3 amide bonds. The van der Waals surface area contributed by atoms with E-state index >= 15 is 0 Å². The summed E-state index contributed by atoms with van der Waals surface area (Å²) in [5, 5.41) is 8.44. The minimum Gasteiger partial charge on any atom is -0.355 e. The standard InChI is InChI=1S/C18H26N4O3/c1-3-10-19-16(23)11-22(2)12-17(24)21-15-7-5-4-6-14(15)18(25)20-13-8-9-13/h4-7,13H,3,8-12H2,1-2H3,(H,19,23)(H,20,25)(H,21,24). The Morgan fingerprint density at radius 2 is 1.80 bits per heavy atom. The number of nitrogens with zero attached hydrogens (tertiary/aromatic N) is 1. The van der Waals surface area contributed by atoms with E-state index in [9.17, 15) is 14.4 Å². The Hall–Kier alpha value is -2.41. The highest BCUT2D eigenvalue weighted by atomic mass is 16.2. The molecule has 1 fully saturated rings. The van der Waals surface area contributed by atoms with Crippen LogP contribution in [0.15, 0.2) is 24.3 Å². The van der Waals surface area contributed by atoms with Gasteiger partial charge in [-0.2, -0.15) is 0 Å². The summed E-state index contributed by atoms with van der Waals surface area (Å²) >= 11 is 0. The van der Waals surface area contributed by atoms with Gasteiger partial charge in [-0.25, -0.2) is 0 Å². The summed E-state index contributed by atoms with van der Waals surface area (Å²) in [7, 11) is 1.71. The van der Waals surface area contributed by atoms with E-state index in [4.69, 9.17) is 0 Å². The Bertz CT molecular complexity index is 629. The van der Waals surface area contributed by atoms with Gasteiger partial charge in [0.25, 0.3) is 5.91 Å². The monoisotopic (exact) mass is 346 g/mol. The first-order valence-electron chi connectivity index (χ1n) is 8.64. The maximum Gasteiger partial charge on any atom is 0.253 e. The van der Waals surface area contributed by atoms with E-state index in [1.54, 1.807) is 36.2 Å². The zero-order valence-electron chi connectivity index (χ0n) is 14.8. The lowest BCUT2D eigenvalue weighted by atomic mass is 10.1. The van der Waals surface area contributed by atoms with Gasteiger partial charge < -0.3 is 16.0 Å². The van der Waals surface area contributed by atoms with Gasteiger partial charge in [-0.15, -0.1) is 0 Å². The Kier molecular flexibility index (Phi) is 6.94. The second-order valence-electron chi connectivity index (χ2n) is 6.36. The van der Waals surface area contributed by atoms with Gasteiger partial charge in [0.1, 0.15) is 0 Å². The normalized spacial score (nSPS) is 13.4. The molecular weight excluding hydrogens is 320 g/mol. The first-order chi connectivity index (χ1) is 12.0. The lowest BCUT2D eigenvalue weighted by Gasteiger charge is -2.17. The van der Waals surface area contributed by atoms with Crippen LogP contribution < -0.4 is 16.0 Å². The average Bonchev–Trinajstić information content (AvgIpc) is 3.37. The van der Waals surface area contributed by atoms with Crippen LogP contribution in [0.25, 0.3) is 0 Å². The molecule has 1 aromatic rings. The number of para-hydroxylation sites is 1. The van der Waals surface area contributed by atoms with Gasteiger partial charge in [-0.05, 0) is 38.4 Å². The van der Waals surface area contributed by atoms with E-state index in [1.807, 2.05) is 6.92 Å². The minimum absolute atomic E-state index is 0.0676. The predicted molar refractivity (Wildman–Crippen MR) is 96.4 cm³/mol. The second kappa shape index (κ2) is 9.17. The van der Waals surface area contributed by atoms with Gasteiger partial charge in [0.15, 0.2) is 0 Å². The number of carbonyl (C=O) groups is 3. The van der Waals surface area contributed by atoms with Gasteiger partial charge >= 0.3 is 0 Å². The summed E-state index contributed by atoms with van der Waals surface area (Å²) in [6.45, 7) is 2.83. The van der Waals surface area contributed by atoms with Crippen LogP contribution in [0.4, 0.5) is 5.69 Å². The van der Waals surface area contributed by atoms with Crippen LogP contribution in [0.1, 0.15) is 36.5 Å². The van der Waals surface area contributed by atoms with Crippen molar-refractivity contribution in [2.24, 2.45) is 0 Å². The summed E-state index contributed by atoms with van der Waals surface area (Å²) in [4.78, 5) is 37.8. The van der Waals surface area contributed by atoms with Crippen molar-refractivity contribution in [1.29, 1.82) is 0 Å². The molecule has 7 heteroatoms. The molecule has 0 atom stereocenters. The molecule has 1 aliphatic carbocycles. The fourth-order valence-corrected chi connectivity index (χ4v) is 2.34. The third-order valence-corrected chi connectivity index (χ3v) is 3.76. The Morgan fingerprint density at radius 1 is 1.12 bits per heavy atom. The van der Waals surface area contributed by atoms with Crippen molar-refractivity contribution in [2.45, 2.75) is 32.2 Å². The van der Waals surface area contributed by atoms with E-state index in [1.165, 1.54) is 0 Å². The lowest BCUT2D eigenvalue weighted by Crippen LogP contribution is -2.39. The predicted octanol–water partition coefficient (Wildman–Crippen LogP) is 0.975. The highest BCUT2D eigenvalue weighted by Gasteiger charge is 2.25. The summed E-state index contributed by atoms with van der Waals surface area (Å²) in [5.41, 5.74) is 0.931. The smallest absolute Gasteiger partial charge is 0.253 e. The molecule has 0 bridgehead atoms. The second-order valence-corrected chi connectivity index (χ2v) is 6.36. The number of amides is 3. The number of carbonyl (C=O) groups excluding carboxylic acids is 3. The van der Waals surface area contributed by atoms with Crippen LogP contribution in [0.2, 0.25) is 0 Å². The van der Waals surface area contributed by atoms with E-state index in [2.05, 4.69) is 16.0 Å². The number of nitrogens with one attached hydrogen (secondary N) is 3. The molecule has 1 saturated carbocycles. The molecule has 0 spiro atoms. The molecule has 25 heavy (non-hydrogen) atoms. The first kappa shape index (κ1) is 18.9. The minimum atomic E-state index is -0.266. The zero-order valence-corrected chi connectivity index (χ0v) is 14.8. The maximum atomic E-state index is 12.2. The SMILES string of the molecule is CCCNC(=O)CN(C)CC(=O)Nc1ccccc1C(=O)NC1CC1. The molecule has 3 N–H and O–H groups in total. The highest BCUT2D eigenvalue weighted by molar-refractivity contribution is 6.04. The quantitative estimate of drug-likeness (QED) is 0.622. The maximum absolute atomic E-state index is 12.2. The number of anilines is 1. The Balaban J connectivity index is 1.87. The van der Waals surface area contributed by atoms with Crippen LogP contribution in [0.5, 0.6) is 0 Å². The zero-order chi connectivity index (χ0) is 18.2. The number of hydrogen-bond acceptors (Lipinski definition) is 4. The van der Waals surface area contributed by atoms with Crippen molar-refractivity contribution in [2.75, 3.05) is 32.0 Å². The molecule has 0 aromatic heterocycles. The molecule has 1 aromatic carbocycles. The molecule has 2 rings (SSSR count). The molecule has 0 radical (unpaired) electrons.